The minimum absolute atomic E-state index is 0.194. The van der Waals surface area contributed by atoms with Crippen LogP contribution in [0.5, 0.6) is 0 Å². The fourth-order valence-corrected chi connectivity index (χ4v) is 2.73. The Hall–Kier alpha value is -0.850. The van der Waals surface area contributed by atoms with E-state index in [2.05, 4.69) is 24.5 Å². The van der Waals surface area contributed by atoms with Crippen LogP contribution in [0.3, 0.4) is 0 Å². The van der Waals surface area contributed by atoms with E-state index in [0.29, 0.717) is 18.8 Å². The first-order valence-electron chi connectivity index (χ1n) is 9.08. The Bertz CT molecular complexity index is 363. The maximum absolute atomic E-state index is 11.8. The summed E-state index contributed by atoms with van der Waals surface area (Å²) in [7, 11) is 1.73. The molecule has 1 saturated carbocycles. The molecule has 6 heteroatoms. The summed E-state index contributed by atoms with van der Waals surface area (Å²) in [6.45, 7) is 11.3. The zero-order chi connectivity index (χ0) is 18.2. The number of carbonyl (C=O) groups is 1. The third kappa shape index (κ3) is 8.85. The second-order valence-electron chi connectivity index (χ2n) is 7.67. The fraction of sp³-hybridized carbons (Fsp3) is 0.944. The monoisotopic (exact) mass is 344 g/mol. The van der Waals surface area contributed by atoms with E-state index in [1.165, 1.54) is 0 Å². The van der Waals surface area contributed by atoms with Crippen LogP contribution in [0.4, 0.5) is 4.79 Å². The van der Waals surface area contributed by atoms with Crippen LogP contribution in [0.15, 0.2) is 0 Å². The van der Waals surface area contributed by atoms with Gasteiger partial charge in [-0.15, -0.1) is 0 Å². The van der Waals surface area contributed by atoms with E-state index in [9.17, 15) is 4.79 Å². The molecule has 0 heterocycles. The van der Waals surface area contributed by atoms with Gasteiger partial charge in [-0.05, 0) is 60.3 Å². The van der Waals surface area contributed by atoms with E-state index >= 15 is 0 Å². The second kappa shape index (κ2) is 10.2. The van der Waals surface area contributed by atoms with Crippen molar-refractivity contribution in [2.75, 3.05) is 20.3 Å². The Morgan fingerprint density at radius 2 is 1.79 bits per heavy atom. The highest BCUT2D eigenvalue weighted by Crippen LogP contribution is 2.21. The summed E-state index contributed by atoms with van der Waals surface area (Å²) in [6, 6.07) is 0.507. The molecule has 0 radical (unpaired) electrons. The number of alkyl carbamates (subject to hydrolysis) is 1. The summed E-state index contributed by atoms with van der Waals surface area (Å²) < 4.78 is 16.5. The van der Waals surface area contributed by atoms with Crippen LogP contribution in [-0.4, -0.2) is 56.2 Å². The lowest BCUT2D eigenvalue weighted by Gasteiger charge is -2.30. The maximum Gasteiger partial charge on any atom is 0.407 e. The van der Waals surface area contributed by atoms with E-state index in [0.717, 1.165) is 32.2 Å². The van der Waals surface area contributed by atoms with E-state index in [4.69, 9.17) is 14.2 Å². The van der Waals surface area contributed by atoms with E-state index in [1.807, 2.05) is 20.8 Å². The molecule has 0 spiro atoms. The lowest BCUT2D eigenvalue weighted by atomic mass is 9.93. The van der Waals surface area contributed by atoms with Crippen molar-refractivity contribution in [2.24, 2.45) is 0 Å². The van der Waals surface area contributed by atoms with Crippen LogP contribution < -0.4 is 10.6 Å². The molecule has 2 atom stereocenters. The molecule has 0 aromatic rings. The molecule has 1 aliphatic rings. The Balaban J connectivity index is 2.12. The van der Waals surface area contributed by atoms with Crippen molar-refractivity contribution in [1.29, 1.82) is 0 Å². The Morgan fingerprint density at radius 1 is 1.17 bits per heavy atom. The van der Waals surface area contributed by atoms with Crippen LogP contribution in [0, 0.1) is 0 Å². The first kappa shape index (κ1) is 21.2. The van der Waals surface area contributed by atoms with Crippen molar-refractivity contribution in [3.63, 3.8) is 0 Å². The SMILES string of the molecule is COC(C)C(C)NCCOC1CCC(NC(=O)OC(C)(C)C)CC1. The molecule has 2 unspecified atom stereocenters. The molecule has 0 aromatic heterocycles. The van der Waals surface area contributed by atoms with Gasteiger partial charge in [-0.1, -0.05) is 0 Å². The van der Waals surface area contributed by atoms with Crippen molar-refractivity contribution in [1.82, 2.24) is 10.6 Å². The number of methoxy groups -OCH3 is 1. The highest BCUT2D eigenvalue weighted by Gasteiger charge is 2.25. The minimum Gasteiger partial charge on any atom is -0.444 e. The van der Waals surface area contributed by atoms with E-state index < -0.39 is 5.60 Å². The molecule has 0 bridgehead atoms. The summed E-state index contributed by atoms with van der Waals surface area (Å²) in [6.07, 6.45) is 3.99. The van der Waals surface area contributed by atoms with Gasteiger partial charge in [0.2, 0.25) is 0 Å². The molecule has 0 saturated heterocycles. The Labute approximate surface area is 147 Å². The largest absolute Gasteiger partial charge is 0.444 e. The molecule has 24 heavy (non-hydrogen) atoms. The van der Waals surface area contributed by atoms with Gasteiger partial charge in [0, 0.05) is 25.7 Å². The number of hydrogen-bond donors (Lipinski definition) is 2. The molecule has 142 valence electrons. The van der Waals surface area contributed by atoms with Crippen LogP contribution in [0.1, 0.15) is 60.3 Å². The third-order valence-corrected chi connectivity index (χ3v) is 4.39. The first-order valence-corrected chi connectivity index (χ1v) is 9.08. The normalized spacial score (nSPS) is 24.2. The van der Waals surface area contributed by atoms with E-state index in [-0.39, 0.29) is 18.2 Å². The molecule has 1 aliphatic carbocycles. The van der Waals surface area contributed by atoms with Gasteiger partial charge >= 0.3 is 6.09 Å². The second-order valence-corrected chi connectivity index (χ2v) is 7.67. The quantitative estimate of drug-likeness (QED) is 0.663. The molecule has 1 fully saturated rings. The Kier molecular flexibility index (Phi) is 9.02. The van der Waals surface area contributed by atoms with Gasteiger partial charge in [-0.2, -0.15) is 0 Å². The third-order valence-electron chi connectivity index (χ3n) is 4.39. The van der Waals surface area contributed by atoms with Crippen molar-refractivity contribution < 1.29 is 19.0 Å². The molecule has 0 aliphatic heterocycles. The predicted molar refractivity (Wildman–Crippen MR) is 95.3 cm³/mol. The molecule has 0 aromatic carbocycles. The van der Waals surface area contributed by atoms with Crippen molar-refractivity contribution in [3.05, 3.63) is 0 Å². The number of hydrogen-bond acceptors (Lipinski definition) is 5. The zero-order valence-corrected chi connectivity index (χ0v) is 16.2. The first-order chi connectivity index (χ1) is 11.2. The van der Waals surface area contributed by atoms with Gasteiger partial charge in [-0.3, -0.25) is 0 Å². The van der Waals surface area contributed by atoms with Crippen LogP contribution >= 0.6 is 0 Å². The van der Waals surface area contributed by atoms with Gasteiger partial charge < -0.3 is 24.8 Å². The van der Waals surface area contributed by atoms with Gasteiger partial charge in [-0.25, -0.2) is 4.79 Å². The molecule has 1 rings (SSSR count). The topological polar surface area (TPSA) is 68.8 Å². The van der Waals surface area contributed by atoms with Gasteiger partial charge in [0.05, 0.1) is 18.8 Å². The summed E-state index contributed by atoms with van der Waals surface area (Å²) in [5.41, 5.74) is -0.450. The summed E-state index contributed by atoms with van der Waals surface area (Å²) in [4.78, 5) is 11.8. The molecule has 2 N–H and O–H groups in total. The standard InChI is InChI=1S/C18H36N2O4/c1-13(14(2)22-6)19-11-12-23-16-9-7-15(8-10-16)20-17(21)24-18(3,4)5/h13-16,19H,7-12H2,1-6H3,(H,20,21). The molecular formula is C18H36N2O4. The van der Waals surface area contributed by atoms with Gasteiger partial charge in [0.1, 0.15) is 5.60 Å². The average molecular weight is 344 g/mol. The van der Waals surface area contributed by atoms with Gasteiger partial charge in [0.15, 0.2) is 0 Å². The molecule has 6 nitrogen and oxygen atoms in total. The molecule has 1 amide bonds. The number of nitrogens with one attached hydrogen (secondary N) is 2. The molecular weight excluding hydrogens is 308 g/mol. The lowest BCUT2D eigenvalue weighted by Crippen LogP contribution is -2.42. The van der Waals surface area contributed by atoms with Crippen LogP contribution in [0.2, 0.25) is 0 Å². The predicted octanol–water partition coefficient (Wildman–Crippen LogP) is 2.85. The van der Waals surface area contributed by atoms with Crippen molar-refractivity contribution in [3.8, 4) is 0 Å². The summed E-state index contributed by atoms with van der Waals surface area (Å²) >= 11 is 0. The highest BCUT2D eigenvalue weighted by molar-refractivity contribution is 5.68. The van der Waals surface area contributed by atoms with Crippen molar-refractivity contribution in [2.45, 2.75) is 90.2 Å². The van der Waals surface area contributed by atoms with Crippen LogP contribution in [0.25, 0.3) is 0 Å². The highest BCUT2D eigenvalue weighted by atomic mass is 16.6. The lowest BCUT2D eigenvalue weighted by molar-refractivity contribution is 0.0162. The minimum atomic E-state index is -0.450. The zero-order valence-electron chi connectivity index (χ0n) is 16.2. The Morgan fingerprint density at radius 3 is 2.33 bits per heavy atom. The average Bonchev–Trinajstić information content (AvgIpc) is 2.50. The maximum atomic E-state index is 11.8. The summed E-state index contributed by atoms with van der Waals surface area (Å²) in [5.74, 6) is 0. The van der Waals surface area contributed by atoms with Gasteiger partial charge in [0.25, 0.3) is 0 Å². The fourth-order valence-electron chi connectivity index (χ4n) is 2.73. The van der Waals surface area contributed by atoms with Crippen LogP contribution in [-0.2, 0) is 14.2 Å². The summed E-state index contributed by atoms with van der Waals surface area (Å²) in [5, 5.41) is 6.36. The van der Waals surface area contributed by atoms with Crippen molar-refractivity contribution >= 4 is 6.09 Å². The smallest absolute Gasteiger partial charge is 0.407 e. The number of rotatable bonds is 8. The number of carbonyl (C=O) groups excluding carboxylic acids is 1. The number of amides is 1. The van der Waals surface area contributed by atoms with E-state index in [1.54, 1.807) is 7.11 Å². The number of ether oxygens (including phenoxy) is 3.